The maximum Gasteiger partial charge on any atom is 0.318 e. The number of carbonyl (C=O) groups excluding carboxylic acids is 3. The molecule has 10 N–H and O–H groups in total. The van der Waals surface area contributed by atoms with E-state index in [0.717, 1.165) is 0 Å². The Kier molecular flexibility index (Phi) is 7.59. The molecule has 0 aliphatic carbocycles. The van der Waals surface area contributed by atoms with Crippen molar-refractivity contribution in [2.75, 3.05) is 20.1 Å². The van der Waals surface area contributed by atoms with Gasteiger partial charge >= 0.3 is 6.03 Å². The number of hydrogen-bond donors (Lipinski definition) is 6. The summed E-state index contributed by atoms with van der Waals surface area (Å²) < 4.78 is 0. The van der Waals surface area contributed by atoms with Crippen molar-refractivity contribution in [2.24, 2.45) is 32.9 Å². The molecule has 0 bridgehead atoms. The summed E-state index contributed by atoms with van der Waals surface area (Å²) in [5, 5.41) is 4.55. The van der Waals surface area contributed by atoms with Gasteiger partial charge in [0.2, 0.25) is 11.9 Å². The largest absolute Gasteiger partial charge is 0.370 e. The minimum atomic E-state index is -0.839. The van der Waals surface area contributed by atoms with Gasteiger partial charge in [-0.3, -0.25) is 25.2 Å². The third-order valence-electron chi connectivity index (χ3n) is 3.53. The molecule has 1 rings (SSSR count). The average molecular weight is 355 g/mol. The van der Waals surface area contributed by atoms with Crippen LogP contribution in [0.1, 0.15) is 19.3 Å². The number of nitrogens with one attached hydrogen (secondary N) is 2. The van der Waals surface area contributed by atoms with Gasteiger partial charge in [-0.15, -0.1) is 0 Å². The van der Waals surface area contributed by atoms with Gasteiger partial charge in [-0.25, -0.2) is 9.79 Å². The van der Waals surface area contributed by atoms with Gasteiger partial charge in [0.1, 0.15) is 6.04 Å². The van der Waals surface area contributed by atoms with E-state index in [-0.39, 0.29) is 36.8 Å². The van der Waals surface area contributed by atoms with Gasteiger partial charge in [-0.05, 0) is 12.8 Å². The molecule has 1 aliphatic rings. The number of urea groups is 1. The van der Waals surface area contributed by atoms with Crippen LogP contribution in [0.3, 0.4) is 0 Å². The second kappa shape index (κ2) is 9.42. The first kappa shape index (κ1) is 20.2. The van der Waals surface area contributed by atoms with Crippen LogP contribution >= 0.6 is 0 Å². The second-order valence-electron chi connectivity index (χ2n) is 5.60. The van der Waals surface area contributed by atoms with Gasteiger partial charge in [0.25, 0.3) is 5.91 Å². The molecule has 0 aromatic rings. The number of carbonyl (C=O) groups is 3. The lowest BCUT2D eigenvalue weighted by molar-refractivity contribution is -0.138. The summed E-state index contributed by atoms with van der Waals surface area (Å²) in [5.41, 5.74) is 21.3. The molecule has 4 amide bonds. The topological polar surface area (TPSA) is 207 Å². The summed E-state index contributed by atoms with van der Waals surface area (Å²) in [7, 11) is 1.50. The van der Waals surface area contributed by atoms with Gasteiger partial charge in [-0.1, -0.05) is 0 Å². The molecule has 1 heterocycles. The van der Waals surface area contributed by atoms with E-state index in [2.05, 4.69) is 20.6 Å². The highest BCUT2D eigenvalue weighted by molar-refractivity contribution is 6.07. The smallest absolute Gasteiger partial charge is 0.318 e. The summed E-state index contributed by atoms with van der Waals surface area (Å²) in [6.45, 7) is 0.457. The van der Waals surface area contributed by atoms with Crippen LogP contribution < -0.4 is 33.6 Å². The summed E-state index contributed by atoms with van der Waals surface area (Å²) in [4.78, 5) is 44.1. The molecular formula is C13H25N9O3. The number of amides is 4. The van der Waals surface area contributed by atoms with Crippen molar-refractivity contribution in [1.29, 1.82) is 0 Å². The third-order valence-corrected chi connectivity index (χ3v) is 3.53. The van der Waals surface area contributed by atoms with Crippen molar-refractivity contribution < 1.29 is 14.4 Å². The maximum absolute atomic E-state index is 12.3. The Morgan fingerprint density at radius 3 is 2.68 bits per heavy atom. The summed E-state index contributed by atoms with van der Waals surface area (Å²) >= 11 is 0. The zero-order valence-electron chi connectivity index (χ0n) is 14.1. The van der Waals surface area contributed by atoms with Crippen LogP contribution in [-0.2, 0) is 9.59 Å². The van der Waals surface area contributed by atoms with E-state index in [0.29, 0.717) is 19.4 Å². The zero-order valence-corrected chi connectivity index (χ0v) is 14.1. The minimum Gasteiger partial charge on any atom is -0.370 e. The van der Waals surface area contributed by atoms with Crippen molar-refractivity contribution in [3.8, 4) is 0 Å². The molecule has 25 heavy (non-hydrogen) atoms. The van der Waals surface area contributed by atoms with Gasteiger partial charge < -0.3 is 27.8 Å². The predicted octanol–water partition coefficient (Wildman–Crippen LogP) is -3.26. The van der Waals surface area contributed by atoms with E-state index in [9.17, 15) is 14.4 Å². The zero-order chi connectivity index (χ0) is 19.0. The molecule has 0 saturated carbocycles. The van der Waals surface area contributed by atoms with E-state index in [1.54, 1.807) is 0 Å². The number of aliphatic imine (C=N–C) groups is 2. The molecule has 0 spiro atoms. The van der Waals surface area contributed by atoms with E-state index in [4.69, 9.17) is 22.9 Å². The number of guanidine groups is 2. The molecule has 2 atom stereocenters. The quantitative estimate of drug-likeness (QED) is 0.157. The van der Waals surface area contributed by atoms with Crippen LogP contribution in [0.4, 0.5) is 4.79 Å². The fourth-order valence-corrected chi connectivity index (χ4v) is 2.19. The molecule has 0 aromatic heterocycles. The molecule has 12 heteroatoms. The third kappa shape index (κ3) is 7.03. The molecule has 0 fully saturated rings. The van der Waals surface area contributed by atoms with Crippen molar-refractivity contribution in [2.45, 2.75) is 31.3 Å². The predicted molar refractivity (Wildman–Crippen MR) is 92.2 cm³/mol. The average Bonchev–Trinajstić information content (AvgIpc) is 2.50. The van der Waals surface area contributed by atoms with E-state index in [1.807, 2.05) is 0 Å². The second-order valence-corrected chi connectivity index (χ2v) is 5.60. The minimum absolute atomic E-state index is 0.0124. The number of nitrogens with two attached hydrogens (primary N) is 4. The number of rotatable bonds is 7. The van der Waals surface area contributed by atoms with Crippen molar-refractivity contribution in [3.63, 3.8) is 0 Å². The SMILES string of the molecule is CN(C(=O)C[C@H](N)CCCN=C(N)N)C1CN=C(NC(N)=O)NC1=O. The van der Waals surface area contributed by atoms with Crippen molar-refractivity contribution in [3.05, 3.63) is 0 Å². The molecule has 0 aromatic carbocycles. The maximum atomic E-state index is 12.3. The van der Waals surface area contributed by atoms with Crippen molar-refractivity contribution in [1.82, 2.24) is 15.5 Å². The Balaban J connectivity index is 2.48. The van der Waals surface area contributed by atoms with Gasteiger partial charge in [0.15, 0.2) is 5.96 Å². The lowest BCUT2D eigenvalue weighted by Gasteiger charge is -2.30. The summed E-state index contributed by atoms with van der Waals surface area (Å²) in [5.74, 6) is -0.767. The highest BCUT2D eigenvalue weighted by Crippen LogP contribution is 2.08. The Bertz CT molecular complexity index is 571. The lowest BCUT2D eigenvalue weighted by Crippen LogP contribution is -2.58. The van der Waals surface area contributed by atoms with E-state index >= 15 is 0 Å². The fraction of sp³-hybridized carbons (Fsp3) is 0.615. The number of hydrogen-bond acceptors (Lipinski definition) is 6. The first-order valence-corrected chi connectivity index (χ1v) is 7.69. The Morgan fingerprint density at radius 2 is 2.12 bits per heavy atom. The standard InChI is InChI=1S/C13H25N9O3/c1-22(8-6-19-13(20-10(8)24)21-12(17)25)9(23)5-7(14)3-2-4-18-11(15)16/h7-8H,2-6,14H2,1H3,(H4,15,16,18)(H4,17,19,20,21,24,25)/t7-,8?/m1/s1. The van der Waals surface area contributed by atoms with E-state index < -0.39 is 18.0 Å². The van der Waals surface area contributed by atoms with Crippen molar-refractivity contribution >= 4 is 29.8 Å². The van der Waals surface area contributed by atoms with Crippen LogP contribution in [-0.4, -0.2) is 66.9 Å². The highest BCUT2D eigenvalue weighted by atomic mass is 16.2. The Labute approximate surface area is 145 Å². The molecule has 12 nitrogen and oxygen atoms in total. The number of likely N-dealkylation sites (N-methyl/N-ethyl adjacent to an activating group) is 1. The summed E-state index contributed by atoms with van der Waals surface area (Å²) in [6.07, 6.45) is 1.29. The highest BCUT2D eigenvalue weighted by Gasteiger charge is 2.31. The van der Waals surface area contributed by atoms with Crippen LogP contribution in [0, 0.1) is 0 Å². The first-order chi connectivity index (χ1) is 11.7. The summed E-state index contributed by atoms with van der Waals surface area (Å²) in [6, 6.07) is -1.99. The van der Waals surface area contributed by atoms with Crippen LogP contribution in [0.15, 0.2) is 9.98 Å². The molecule has 1 aliphatic heterocycles. The monoisotopic (exact) mass is 355 g/mol. The fourth-order valence-electron chi connectivity index (χ4n) is 2.19. The van der Waals surface area contributed by atoms with Gasteiger partial charge in [0, 0.05) is 26.1 Å². The van der Waals surface area contributed by atoms with Crippen LogP contribution in [0.2, 0.25) is 0 Å². The van der Waals surface area contributed by atoms with Gasteiger partial charge in [-0.2, -0.15) is 0 Å². The van der Waals surface area contributed by atoms with Gasteiger partial charge in [0.05, 0.1) is 6.54 Å². The number of primary amides is 1. The van der Waals surface area contributed by atoms with Crippen LogP contribution in [0.25, 0.3) is 0 Å². The first-order valence-electron chi connectivity index (χ1n) is 7.69. The molecule has 0 saturated heterocycles. The number of nitrogens with zero attached hydrogens (tertiary/aromatic N) is 3. The normalized spacial score (nSPS) is 17.8. The molecule has 140 valence electrons. The molecular weight excluding hydrogens is 330 g/mol. The Hall–Kier alpha value is -2.89. The Morgan fingerprint density at radius 1 is 1.44 bits per heavy atom. The molecule has 0 radical (unpaired) electrons. The van der Waals surface area contributed by atoms with Crippen LogP contribution in [0.5, 0.6) is 0 Å². The lowest BCUT2D eigenvalue weighted by atomic mass is 10.1. The molecule has 1 unspecified atom stereocenters. The van der Waals surface area contributed by atoms with E-state index in [1.165, 1.54) is 11.9 Å².